The van der Waals surface area contributed by atoms with Gasteiger partial charge < -0.3 is 19.4 Å². The summed E-state index contributed by atoms with van der Waals surface area (Å²) in [5.41, 5.74) is 6.81. The fraction of sp³-hybridized carbons (Fsp3) is 0.375. The molecule has 0 saturated carbocycles. The van der Waals surface area contributed by atoms with Gasteiger partial charge in [-0.1, -0.05) is 18.7 Å². The molecule has 160 valence electrons. The Labute approximate surface area is 181 Å². The zero-order chi connectivity index (χ0) is 21.0. The van der Waals surface area contributed by atoms with Crippen LogP contribution < -0.4 is 0 Å². The molecule has 0 amide bonds. The molecule has 1 fully saturated rings. The van der Waals surface area contributed by atoms with Crippen LogP contribution in [0.4, 0.5) is 0 Å². The number of guanidine groups is 1. The molecule has 1 N–H and O–H groups in total. The second kappa shape index (κ2) is 8.99. The number of imidazole rings is 1. The van der Waals surface area contributed by atoms with Crippen molar-refractivity contribution in [3.63, 3.8) is 0 Å². The number of nitrogens with zero attached hydrogens (tertiary/aromatic N) is 4. The van der Waals surface area contributed by atoms with Crippen molar-refractivity contribution < 1.29 is 9.47 Å². The van der Waals surface area contributed by atoms with Crippen molar-refractivity contribution in [2.24, 2.45) is 9.98 Å². The molecule has 1 aromatic carbocycles. The molecule has 7 nitrogen and oxygen atoms in total. The smallest absolute Gasteiger partial charge is 0.226 e. The molecule has 3 aliphatic rings. The Kier molecular flexibility index (Phi) is 5.78. The fourth-order valence-electron chi connectivity index (χ4n) is 4.09. The number of ether oxygens (including phenoxy) is 2. The topological polar surface area (TPSA) is 75.1 Å². The highest BCUT2D eigenvalue weighted by atomic mass is 16.5. The van der Waals surface area contributed by atoms with Gasteiger partial charge in [-0.15, -0.1) is 0 Å². The van der Waals surface area contributed by atoms with Crippen molar-refractivity contribution in [3.05, 3.63) is 65.7 Å². The third-order valence-corrected chi connectivity index (χ3v) is 5.75. The average Bonchev–Trinajstić information content (AvgIpc) is 3.17. The monoisotopic (exact) mass is 417 g/mol. The number of benzene rings is 1. The van der Waals surface area contributed by atoms with Crippen LogP contribution in [0.1, 0.15) is 24.8 Å². The Bertz CT molecular complexity index is 1100. The van der Waals surface area contributed by atoms with E-state index in [9.17, 15) is 0 Å². The Morgan fingerprint density at radius 3 is 2.81 bits per heavy atom. The van der Waals surface area contributed by atoms with E-state index in [0.717, 1.165) is 85.1 Å². The first-order valence-electron chi connectivity index (χ1n) is 10.9. The van der Waals surface area contributed by atoms with E-state index < -0.39 is 0 Å². The van der Waals surface area contributed by atoms with E-state index in [2.05, 4.69) is 45.7 Å². The lowest BCUT2D eigenvalue weighted by atomic mass is 9.99. The van der Waals surface area contributed by atoms with Crippen molar-refractivity contribution in [1.82, 2.24) is 14.9 Å². The van der Waals surface area contributed by atoms with Crippen LogP contribution in [0.5, 0.6) is 0 Å². The van der Waals surface area contributed by atoms with Gasteiger partial charge in [0.1, 0.15) is 0 Å². The zero-order valence-electron chi connectivity index (χ0n) is 17.6. The quantitative estimate of drug-likeness (QED) is 0.810. The van der Waals surface area contributed by atoms with Gasteiger partial charge in [0.15, 0.2) is 0 Å². The summed E-state index contributed by atoms with van der Waals surface area (Å²) in [7, 11) is 0. The van der Waals surface area contributed by atoms with Crippen molar-refractivity contribution in [1.29, 1.82) is 0 Å². The predicted octanol–water partition coefficient (Wildman–Crippen LogP) is 3.62. The van der Waals surface area contributed by atoms with Gasteiger partial charge in [0.25, 0.3) is 0 Å². The van der Waals surface area contributed by atoms with Crippen molar-refractivity contribution >= 4 is 22.7 Å². The summed E-state index contributed by atoms with van der Waals surface area (Å²) in [6.07, 6.45) is 8.86. The van der Waals surface area contributed by atoms with Crippen LogP contribution in [0.3, 0.4) is 0 Å². The van der Waals surface area contributed by atoms with E-state index in [0.29, 0.717) is 13.2 Å². The number of H-pyrrole nitrogens is 1. The molecule has 2 aromatic rings. The highest BCUT2D eigenvalue weighted by Crippen LogP contribution is 2.26. The molecule has 0 bridgehead atoms. The third-order valence-electron chi connectivity index (χ3n) is 5.75. The third kappa shape index (κ3) is 4.38. The summed E-state index contributed by atoms with van der Waals surface area (Å²) in [6, 6.07) is 6.14. The van der Waals surface area contributed by atoms with Crippen molar-refractivity contribution in [3.8, 4) is 0 Å². The number of hydrogen-bond donors (Lipinski definition) is 1. The van der Waals surface area contributed by atoms with Gasteiger partial charge >= 0.3 is 0 Å². The zero-order valence-corrected chi connectivity index (χ0v) is 17.6. The summed E-state index contributed by atoms with van der Waals surface area (Å²) < 4.78 is 11.2. The van der Waals surface area contributed by atoms with Gasteiger partial charge in [-0.3, -0.25) is 0 Å². The lowest BCUT2D eigenvalue weighted by Crippen LogP contribution is -2.40. The maximum Gasteiger partial charge on any atom is 0.226 e. The largest absolute Gasteiger partial charge is 0.381 e. The Morgan fingerprint density at radius 2 is 1.90 bits per heavy atom. The lowest BCUT2D eigenvalue weighted by Gasteiger charge is -2.28. The molecule has 0 spiro atoms. The normalized spacial score (nSPS) is 20.9. The number of fused-ring (bicyclic) bond motifs is 1. The van der Waals surface area contributed by atoms with E-state index >= 15 is 0 Å². The first kappa shape index (κ1) is 19.9. The number of aromatic amines is 1. The van der Waals surface area contributed by atoms with Crippen LogP contribution in [0, 0.1) is 0 Å². The van der Waals surface area contributed by atoms with E-state index in [1.807, 2.05) is 6.07 Å². The van der Waals surface area contributed by atoms with Crippen LogP contribution in [0.2, 0.25) is 0 Å². The molecule has 0 aliphatic carbocycles. The maximum absolute atomic E-state index is 5.61. The molecule has 7 heteroatoms. The summed E-state index contributed by atoms with van der Waals surface area (Å²) in [6.45, 7) is 8.84. The number of allylic oxidation sites excluding steroid dienone is 3. The van der Waals surface area contributed by atoms with E-state index in [1.165, 1.54) is 5.57 Å². The van der Waals surface area contributed by atoms with Crippen LogP contribution in [-0.4, -0.2) is 66.1 Å². The highest BCUT2D eigenvalue weighted by molar-refractivity contribution is 6.19. The fourth-order valence-corrected chi connectivity index (χ4v) is 4.09. The minimum absolute atomic E-state index is 0.685. The van der Waals surface area contributed by atoms with Crippen LogP contribution >= 0.6 is 0 Å². The van der Waals surface area contributed by atoms with E-state index in [-0.39, 0.29) is 0 Å². The Morgan fingerprint density at radius 1 is 1.03 bits per heavy atom. The first-order valence-corrected chi connectivity index (χ1v) is 10.9. The molecule has 31 heavy (non-hydrogen) atoms. The summed E-state index contributed by atoms with van der Waals surface area (Å²) in [5.74, 6) is 0.729. The van der Waals surface area contributed by atoms with Crippen molar-refractivity contribution in [2.75, 3.05) is 39.5 Å². The number of aromatic nitrogens is 2. The number of nitrogens with one attached hydrogen (secondary N) is 1. The average molecular weight is 418 g/mol. The van der Waals surface area contributed by atoms with Crippen LogP contribution in [-0.2, 0) is 9.47 Å². The minimum atomic E-state index is 0.685. The molecular weight excluding hydrogens is 390 g/mol. The maximum atomic E-state index is 5.61. The molecule has 1 saturated heterocycles. The Hall–Kier alpha value is -3.03. The first-order chi connectivity index (χ1) is 15.3. The summed E-state index contributed by atoms with van der Waals surface area (Å²) in [5, 5.41) is 0. The number of morpholine rings is 1. The van der Waals surface area contributed by atoms with Gasteiger partial charge in [0, 0.05) is 25.3 Å². The van der Waals surface area contributed by atoms with Gasteiger partial charge in [-0.05, 0) is 48.6 Å². The van der Waals surface area contributed by atoms with Gasteiger partial charge in [-0.25, -0.2) is 15.0 Å². The second-order valence-corrected chi connectivity index (χ2v) is 7.89. The predicted molar refractivity (Wildman–Crippen MR) is 122 cm³/mol. The molecule has 0 atom stereocenters. The van der Waals surface area contributed by atoms with Crippen molar-refractivity contribution in [2.45, 2.75) is 19.3 Å². The van der Waals surface area contributed by atoms with E-state index in [1.54, 1.807) is 6.33 Å². The number of hydrogen-bond acceptors (Lipinski definition) is 6. The van der Waals surface area contributed by atoms with Crippen LogP contribution in [0.25, 0.3) is 11.0 Å². The SMILES string of the molecule is C=C1C=C(C2=CCCOCCC2)N=C(N2CCOCC2)N=C1c1ccc2nc[nH]c2c1. The molecule has 3 aliphatic heterocycles. The second-order valence-electron chi connectivity index (χ2n) is 7.89. The van der Waals surface area contributed by atoms with Gasteiger partial charge in [0.05, 0.1) is 48.6 Å². The molecule has 4 heterocycles. The molecule has 0 unspecified atom stereocenters. The van der Waals surface area contributed by atoms with Gasteiger partial charge in [0.2, 0.25) is 5.96 Å². The Balaban J connectivity index is 1.57. The summed E-state index contributed by atoms with van der Waals surface area (Å²) >= 11 is 0. The number of rotatable bonds is 2. The summed E-state index contributed by atoms with van der Waals surface area (Å²) in [4.78, 5) is 19.8. The standard InChI is InChI=1S/C24H27N5O2/c1-17-14-21(18-4-2-10-30-11-3-5-18)27-24(29-8-12-31-13-9-29)28-23(17)19-6-7-20-22(15-19)26-16-25-20/h4,6-7,14-16H,1-3,5,8-13H2,(H,25,26). The van der Waals surface area contributed by atoms with Gasteiger partial charge in [-0.2, -0.15) is 0 Å². The highest BCUT2D eigenvalue weighted by Gasteiger charge is 2.22. The molecule has 1 aromatic heterocycles. The lowest BCUT2D eigenvalue weighted by molar-refractivity contribution is 0.0676. The van der Waals surface area contributed by atoms with E-state index in [4.69, 9.17) is 19.5 Å². The number of aliphatic imine (C=N–C) groups is 2. The molecular formula is C24H27N5O2. The molecule has 0 radical (unpaired) electrons. The van der Waals surface area contributed by atoms with Crippen LogP contribution in [0.15, 0.2) is 70.1 Å². The molecule has 5 rings (SSSR count). The minimum Gasteiger partial charge on any atom is -0.381 e.